The van der Waals surface area contributed by atoms with Gasteiger partial charge in [-0.05, 0) is 31.9 Å². The fraction of sp³-hybridized carbons (Fsp3) is 0.429. The van der Waals surface area contributed by atoms with E-state index < -0.39 is 17.3 Å². The number of nitrogens with one attached hydrogen (secondary N) is 1. The number of aliphatic carboxylic acids is 1. The van der Waals surface area contributed by atoms with Crippen molar-refractivity contribution in [1.29, 1.82) is 0 Å². The quantitative estimate of drug-likeness (QED) is 0.764. The molecule has 0 aliphatic carbocycles. The van der Waals surface area contributed by atoms with Gasteiger partial charge in [-0.2, -0.15) is 0 Å². The predicted molar refractivity (Wildman–Crippen MR) is 71.1 cm³/mol. The van der Waals surface area contributed by atoms with Gasteiger partial charge in [0.15, 0.2) is 0 Å². The van der Waals surface area contributed by atoms with Crippen molar-refractivity contribution >= 4 is 11.9 Å². The number of carbonyl (C=O) groups excluding carboxylic acids is 1. The first-order chi connectivity index (χ1) is 8.89. The van der Waals surface area contributed by atoms with Gasteiger partial charge in [-0.15, -0.1) is 0 Å². The molecule has 1 amide bonds. The molecule has 0 atom stereocenters. The monoisotopic (exact) mass is 265 g/mol. The van der Waals surface area contributed by atoms with Crippen LogP contribution in [0.2, 0.25) is 0 Å². The van der Waals surface area contributed by atoms with E-state index in [4.69, 9.17) is 9.84 Å². The molecule has 0 aromatic heterocycles. The Morgan fingerprint density at radius 2 is 1.95 bits per heavy atom. The van der Waals surface area contributed by atoms with Gasteiger partial charge in [0.2, 0.25) is 5.91 Å². The van der Waals surface area contributed by atoms with Crippen LogP contribution in [-0.2, 0) is 16.0 Å². The molecule has 0 unspecified atom stereocenters. The van der Waals surface area contributed by atoms with Crippen molar-refractivity contribution in [3.63, 3.8) is 0 Å². The van der Waals surface area contributed by atoms with Gasteiger partial charge in [0.05, 0.1) is 7.11 Å². The van der Waals surface area contributed by atoms with E-state index in [0.29, 0.717) is 13.0 Å². The van der Waals surface area contributed by atoms with Gasteiger partial charge in [0.1, 0.15) is 11.2 Å². The fourth-order valence-electron chi connectivity index (χ4n) is 1.54. The molecule has 0 saturated carbocycles. The third-order valence-corrected chi connectivity index (χ3v) is 2.97. The van der Waals surface area contributed by atoms with Crippen molar-refractivity contribution in [3.8, 4) is 5.75 Å². The van der Waals surface area contributed by atoms with Crippen LogP contribution in [0.3, 0.4) is 0 Å². The molecule has 19 heavy (non-hydrogen) atoms. The number of benzene rings is 1. The van der Waals surface area contributed by atoms with Gasteiger partial charge in [-0.1, -0.05) is 18.2 Å². The van der Waals surface area contributed by atoms with Crippen molar-refractivity contribution in [1.82, 2.24) is 5.32 Å². The number of carboxylic acids is 1. The van der Waals surface area contributed by atoms with E-state index in [9.17, 15) is 9.59 Å². The average Bonchev–Trinajstić information content (AvgIpc) is 2.38. The minimum atomic E-state index is -1.42. The summed E-state index contributed by atoms with van der Waals surface area (Å²) in [6, 6.07) is 7.51. The van der Waals surface area contributed by atoms with Gasteiger partial charge in [0, 0.05) is 6.54 Å². The first kappa shape index (κ1) is 15.0. The molecule has 1 aromatic carbocycles. The summed E-state index contributed by atoms with van der Waals surface area (Å²) in [6.07, 6.45) is 0.589. The molecule has 5 heteroatoms. The average molecular weight is 265 g/mol. The number of ether oxygens (including phenoxy) is 1. The van der Waals surface area contributed by atoms with E-state index in [-0.39, 0.29) is 0 Å². The second-order valence-corrected chi connectivity index (χ2v) is 4.75. The van der Waals surface area contributed by atoms with Crippen LogP contribution in [0.4, 0.5) is 0 Å². The van der Waals surface area contributed by atoms with Gasteiger partial charge < -0.3 is 15.2 Å². The molecule has 0 spiro atoms. The van der Waals surface area contributed by atoms with Gasteiger partial charge in [-0.3, -0.25) is 9.59 Å². The molecule has 104 valence electrons. The Hall–Kier alpha value is -2.04. The van der Waals surface area contributed by atoms with Crippen molar-refractivity contribution in [3.05, 3.63) is 29.8 Å². The Balaban J connectivity index is 2.55. The van der Waals surface area contributed by atoms with Gasteiger partial charge in [-0.25, -0.2) is 0 Å². The molecule has 0 bridgehead atoms. The summed E-state index contributed by atoms with van der Waals surface area (Å²) >= 11 is 0. The van der Waals surface area contributed by atoms with Crippen molar-refractivity contribution < 1.29 is 19.4 Å². The maximum Gasteiger partial charge on any atom is 0.318 e. The first-order valence-corrected chi connectivity index (χ1v) is 6.03. The molecule has 2 N–H and O–H groups in total. The summed E-state index contributed by atoms with van der Waals surface area (Å²) in [7, 11) is 1.59. The second-order valence-electron chi connectivity index (χ2n) is 4.75. The lowest BCUT2D eigenvalue weighted by atomic mass is 9.92. The zero-order valence-electron chi connectivity index (χ0n) is 11.4. The van der Waals surface area contributed by atoms with Crippen LogP contribution in [-0.4, -0.2) is 30.6 Å². The Morgan fingerprint density at radius 1 is 1.32 bits per heavy atom. The molecule has 0 saturated heterocycles. The number of carbonyl (C=O) groups is 2. The largest absolute Gasteiger partial charge is 0.496 e. The number of carboxylic acid groups (broad SMARTS) is 1. The first-order valence-electron chi connectivity index (χ1n) is 6.03. The molecule has 1 aromatic rings. The Labute approximate surface area is 112 Å². The topological polar surface area (TPSA) is 75.6 Å². The van der Waals surface area contributed by atoms with E-state index in [0.717, 1.165) is 11.3 Å². The Morgan fingerprint density at radius 3 is 2.53 bits per heavy atom. The molecular formula is C14H19NO4. The van der Waals surface area contributed by atoms with Crippen LogP contribution in [0.5, 0.6) is 5.75 Å². The van der Waals surface area contributed by atoms with Crippen LogP contribution >= 0.6 is 0 Å². The lowest BCUT2D eigenvalue weighted by Gasteiger charge is -2.18. The van der Waals surface area contributed by atoms with Gasteiger partial charge >= 0.3 is 5.97 Å². The highest BCUT2D eigenvalue weighted by Gasteiger charge is 2.35. The zero-order chi connectivity index (χ0) is 14.5. The molecule has 0 fully saturated rings. The number of methoxy groups -OCH3 is 1. The molecule has 0 heterocycles. The predicted octanol–water partition coefficient (Wildman–Crippen LogP) is 1.46. The van der Waals surface area contributed by atoms with Crippen molar-refractivity contribution in [2.24, 2.45) is 5.41 Å². The third kappa shape index (κ3) is 3.71. The lowest BCUT2D eigenvalue weighted by molar-refractivity contribution is -0.153. The SMILES string of the molecule is COc1ccccc1CCNC(=O)C(C)(C)C(=O)O. The van der Waals surface area contributed by atoms with Gasteiger partial charge in [0.25, 0.3) is 0 Å². The highest BCUT2D eigenvalue weighted by atomic mass is 16.5. The minimum absolute atomic E-state index is 0.371. The maximum absolute atomic E-state index is 11.7. The number of hydrogen-bond acceptors (Lipinski definition) is 3. The van der Waals surface area contributed by atoms with E-state index in [1.54, 1.807) is 7.11 Å². The summed E-state index contributed by atoms with van der Waals surface area (Å²) in [5.74, 6) is -0.869. The molecule has 0 radical (unpaired) electrons. The summed E-state index contributed by atoms with van der Waals surface area (Å²) in [5, 5.41) is 11.6. The van der Waals surface area contributed by atoms with Crippen LogP contribution in [0, 0.1) is 5.41 Å². The summed E-state index contributed by atoms with van der Waals surface area (Å²) in [6.45, 7) is 3.14. The minimum Gasteiger partial charge on any atom is -0.496 e. The molecular weight excluding hydrogens is 246 g/mol. The maximum atomic E-state index is 11.7. The second kappa shape index (κ2) is 6.22. The number of amides is 1. The van der Waals surface area contributed by atoms with Crippen LogP contribution in [0.25, 0.3) is 0 Å². The normalized spacial score (nSPS) is 10.9. The van der Waals surface area contributed by atoms with Crippen LogP contribution in [0.1, 0.15) is 19.4 Å². The molecule has 0 aliphatic rings. The summed E-state index contributed by atoms with van der Waals surface area (Å²) < 4.78 is 5.20. The standard InChI is InChI=1S/C14H19NO4/c1-14(2,13(17)18)12(16)15-9-8-10-6-4-5-7-11(10)19-3/h4-7H,8-9H2,1-3H3,(H,15,16)(H,17,18). The van der Waals surface area contributed by atoms with Crippen LogP contribution in [0.15, 0.2) is 24.3 Å². The summed E-state index contributed by atoms with van der Waals surface area (Å²) in [5.41, 5.74) is -0.445. The van der Waals surface area contributed by atoms with E-state index in [1.807, 2.05) is 24.3 Å². The van der Waals surface area contributed by atoms with E-state index in [2.05, 4.69) is 5.32 Å². The smallest absolute Gasteiger partial charge is 0.318 e. The van der Waals surface area contributed by atoms with Crippen molar-refractivity contribution in [2.75, 3.05) is 13.7 Å². The number of para-hydroxylation sites is 1. The summed E-state index contributed by atoms with van der Waals surface area (Å²) in [4.78, 5) is 22.6. The highest BCUT2D eigenvalue weighted by Crippen LogP contribution is 2.18. The van der Waals surface area contributed by atoms with E-state index >= 15 is 0 Å². The fourth-order valence-corrected chi connectivity index (χ4v) is 1.54. The Bertz CT molecular complexity index is 468. The third-order valence-electron chi connectivity index (χ3n) is 2.97. The number of rotatable bonds is 6. The molecule has 5 nitrogen and oxygen atoms in total. The van der Waals surface area contributed by atoms with Crippen molar-refractivity contribution in [2.45, 2.75) is 20.3 Å². The highest BCUT2D eigenvalue weighted by molar-refractivity contribution is 6.00. The molecule has 0 aliphatic heterocycles. The van der Waals surface area contributed by atoms with E-state index in [1.165, 1.54) is 13.8 Å². The number of hydrogen-bond donors (Lipinski definition) is 2. The Kier molecular flexibility index (Phi) is 4.92. The zero-order valence-corrected chi connectivity index (χ0v) is 11.4. The van der Waals surface area contributed by atoms with Crippen LogP contribution < -0.4 is 10.1 Å². The molecule has 1 rings (SSSR count). The lowest BCUT2D eigenvalue weighted by Crippen LogP contribution is -2.43.